The summed E-state index contributed by atoms with van der Waals surface area (Å²) in [4.78, 5) is 41.9. The molecule has 0 saturated carbocycles. The second-order valence-electron chi connectivity index (χ2n) is 3.45. The maximum atomic E-state index is 11.8. The molecule has 7 nitrogen and oxygen atoms in total. The van der Waals surface area contributed by atoms with Crippen LogP contribution < -0.4 is 16.6 Å². The zero-order valence-electron chi connectivity index (χ0n) is 9.16. The average Bonchev–Trinajstić information content (AvgIpc) is 2.32. The van der Waals surface area contributed by atoms with Crippen molar-refractivity contribution in [3.05, 3.63) is 54.5 Å². The highest BCUT2D eigenvalue weighted by Gasteiger charge is 2.09. The van der Waals surface area contributed by atoms with E-state index in [1.165, 1.54) is 6.20 Å². The molecule has 0 radical (unpaired) electrons. The Hall–Kier alpha value is -1.93. The number of nitrogens with zero attached hydrogens (tertiary/aromatic N) is 1. The second-order valence-corrected chi connectivity index (χ2v) is 4.66. The lowest BCUT2D eigenvalue weighted by atomic mass is 10.3. The van der Waals surface area contributed by atoms with Crippen LogP contribution in [0.15, 0.2) is 32.4 Å². The van der Waals surface area contributed by atoms with Gasteiger partial charge in [0.2, 0.25) is 0 Å². The van der Waals surface area contributed by atoms with E-state index in [1.807, 2.05) is 4.98 Å². The number of hydrogen-bond acceptors (Lipinski definition) is 4. The number of aromatic amines is 2. The largest absolute Gasteiger partial charge is 0.326 e. The summed E-state index contributed by atoms with van der Waals surface area (Å²) in [6.07, 6.45) is 1.34. The summed E-state index contributed by atoms with van der Waals surface area (Å²) in [6, 6.07) is 2.52. The molecular formula is C10H6BrClN4O3. The van der Waals surface area contributed by atoms with Crippen molar-refractivity contribution in [1.29, 1.82) is 0 Å². The number of hydrogen-bond donors (Lipinski definition) is 3. The number of carbonyl (C=O) groups is 1. The predicted octanol–water partition coefficient (Wildman–Crippen LogP) is 1.13. The van der Waals surface area contributed by atoms with Crippen LogP contribution in [0.3, 0.4) is 0 Å². The molecule has 19 heavy (non-hydrogen) atoms. The van der Waals surface area contributed by atoms with E-state index in [9.17, 15) is 14.4 Å². The molecule has 0 atom stereocenters. The highest BCUT2D eigenvalue weighted by atomic mass is 79.9. The predicted molar refractivity (Wildman–Crippen MR) is 72.6 cm³/mol. The third kappa shape index (κ3) is 3.30. The van der Waals surface area contributed by atoms with Gasteiger partial charge in [0.15, 0.2) is 0 Å². The van der Waals surface area contributed by atoms with Gasteiger partial charge in [-0.05, 0) is 22.0 Å². The van der Waals surface area contributed by atoms with Crippen LogP contribution >= 0.6 is 27.5 Å². The molecule has 0 fully saturated rings. The molecule has 0 aliphatic heterocycles. The van der Waals surface area contributed by atoms with Crippen LogP contribution in [0.25, 0.3) is 0 Å². The van der Waals surface area contributed by atoms with Gasteiger partial charge in [-0.2, -0.15) is 0 Å². The van der Waals surface area contributed by atoms with E-state index in [-0.39, 0.29) is 10.8 Å². The number of pyridine rings is 1. The maximum Gasteiger partial charge on any atom is 0.326 e. The quantitative estimate of drug-likeness (QED) is 0.709. The average molecular weight is 346 g/mol. The van der Waals surface area contributed by atoms with E-state index in [2.05, 4.69) is 31.2 Å². The lowest BCUT2D eigenvalue weighted by Gasteiger charge is -2.05. The van der Waals surface area contributed by atoms with Crippen LogP contribution in [0.2, 0.25) is 5.15 Å². The molecule has 0 aliphatic rings. The van der Waals surface area contributed by atoms with Crippen LogP contribution in [0, 0.1) is 0 Å². The van der Waals surface area contributed by atoms with Gasteiger partial charge < -0.3 is 10.3 Å². The highest BCUT2D eigenvalue weighted by molar-refractivity contribution is 9.10. The van der Waals surface area contributed by atoms with Gasteiger partial charge in [0, 0.05) is 6.07 Å². The molecule has 0 unspecified atom stereocenters. The Kier molecular flexibility index (Phi) is 3.82. The molecule has 2 rings (SSSR count). The van der Waals surface area contributed by atoms with Crippen molar-refractivity contribution >= 4 is 39.1 Å². The summed E-state index contributed by atoms with van der Waals surface area (Å²) < 4.78 is 0.506. The Morgan fingerprint density at radius 1 is 1.32 bits per heavy atom. The third-order valence-corrected chi connectivity index (χ3v) is 3.19. The molecule has 3 N–H and O–H groups in total. The van der Waals surface area contributed by atoms with E-state index in [1.54, 1.807) is 6.07 Å². The van der Waals surface area contributed by atoms with Gasteiger partial charge in [-0.15, -0.1) is 0 Å². The molecule has 2 aromatic heterocycles. The number of H-pyrrole nitrogens is 2. The van der Waals surface area contributed by atoms with Gasteiger partial charge in [0.05, 0.1) is 16.4 Å². The van der Waals surface area contributed by atoms with Crippen molar-refractivity contribution in [2.45, 2.75) is 0 Å². The fourth-order valence-corrected chi connectivity index (χ4v) is 1.73. The molecule has 2 heterocycles. The molecule has 9 heteroatoms. The van der Waals surface area contributed by atoms with Gasteiger partial charge in [0.1, 0.15) is 10.8 Å². The van der Waals surface area contributed by atoms with Crippen molar-refractivity contribution in [3.63, 3.8) is 0 Å². The first kappa shape index (κ1) is 13.5. The van der Waals surface area contributed by atoms with Crippen LogP contribution in [0.1, 0.15) is 10.5 Å². The standard InChI is InChI=1S/C10H6BrClN4O3/c11-5-1-4(3-13-8(5)12)14-9(18)6-2-7(17)16-10(19)15-6/h1-3H,(H,14,18)(H2,15,16,17,19). The molecule has 2 aromatic rings. The van der Waals surface area contributed by atoms with E-state index < -0.39 is 17.2 Å². The zero-order valence-corrected chi connectivity index (χ0v) is 11.5. The number of anilines is 1. The minimum Gasteiger partial charge on any atom is -0.319 e. The normalized spacial score (nSPS) is 10.2. The van der Waals surface area contributed by atoms with E-state index in [0.717, 1.165) is 6.07 Å². The summed E-state index contributed by atoms with van der Waals surface area (Å²) in [5.74, 6) is -0.640. The summed E-state index contributed by atoms with van der Waals surface area (Å²) >= 11 is 8.87. The summed E-state index contributed by atoms with van der Waals surface area (Å²) in [5, 5.41) is 2.72. The SMILES string of the molecule is O=C(Nc1cnc(Cl)c(Br)c1)c1cc(=O)[nH]c(=O)[nH]1. The van der Waals surface area contributed by atoms with E-state index in [4.69, 9.17) is 11.6 Å². The third-order valence-electron chi connectivity index (χ3n) is 2.06. The number of amides is 1. The van der Waals surface area contributed by atoms with Crippen molar-refractivity contribution in [2.24, 2.45) is 0 Å². The highest BCUT2D eigenvalue weighted by Crippen LogP contribution is 2.22. The lowest BCUT2D eigenvalue weighted by molar-refractivity contribution is 0.102. The van der Waals surface area contributed by atoms with Gasteiger partial charge in [-0.3, -0.25) is 14.6 Å². The molecule has 0 spiro atoms. The molecule has 0 aromatic carbocycles. The van der Waals surface area contributed by atoms with Crippen molar-refractivity contribution in [3.8, 4) is 0 Å². The van der Waals surface area contributed by atoms with Gasteiger partial charge in [-0.25, -0.2) is 9.78 Å². The lowest BCUT2D eigenvalue weighted by Crippen LogP contribution is -2.27. The van der Waals surface area contributed by atoms with Crippen LogP contribution in [-0.4, -0.2) is 20.9 Å². The fraction of sp³-hybridized carbons (Fsp3) is 0. The first-order valence-corrected chi connectivity index (χ1v) is 6.09. The van der Waals surface area contributed by atoms with Crippen molar-refractivity contribution in [2.75, 3.05) is 5.32 Å². The molecule has 98 valence electrons. The number of halogens is 2. The first-order valence-electron chi connectivity index (χ1n) is 4.92. The topological polar surface area (TPSA) is 108 Å². The summed E-state index contributed by atoms with van der Waals surface area (Å²) in [7, 11) is 0. The van der Waals surface area contributed by atoms with E-state index >= 15 is 0 Å². The number of nitrogens with one attached hydrogen (secondary N) is 3. The molecular weight excluding hydrogens is 339 g/mol. The van der Waals surface area contributed by atoms with Crippen LogP contribution in [-0.2, 0) is 0 Å². The van der Waals surface area contributed by atoms with Crippen LogP contribution in [0.4, 0.5) is 5.69 Å². The van der Waals surface area contributed by atoms with Gasteiger partial charge >= 0.3 is 5.69 Å². The smallest absolute Gasteiger partial charge is 0.319 e. The Bertz CT molecular complexity index is 727. The Balaban J connectivity index is 2.27. The second kappa shape index (κ2) is 5.37. The van der Waals surface area contributed by atoms with Gasteiger partial charge in [0.25, 0.3) is 11.5 Å². The molecule has 0 aliphatic carbocycles. The summed E-state index contributed by atoms with van der Waals surface area (Å²) in [6.45, 7) is 0. The first-order chi connectivity index (χ1) is 8.95. The van der Waals surface area contributed by atoms with Crippen LogP contribution in [0.5, 0.6) is 0 Å². The number of aromatic nitrogens is 3. The Morgan fingerprint density at radius 3 is 2.68 bits per heavy atom. The van der Waals surface area contributed by atoms with E-state index in [0.29, 0.717) is 10.2 Å². The number of carbonyl (C=O) groups excluding carboxylic acids is 1. The molecule has 0 bridgehead atoms. The summed E-state index contributed by atoms with van der Waals surface area (Å²) in [5.41, 5.74) is -1.21. The van der Waals surface area contributed by atoms with Crippen molar-refractivity contribution < 1.29 is 4.79 Å². The minimum absolute atomic E-state index is 0.153. The Labute approximate surface area is 119 Å². The fourth-order valence-electron chi connectivity index (χ4n) is 1.28. The molecule has 1 amide bonds. The Morgan fingerprint density at radius 2 is 2.05 bits per heavy atom. The maximum absolute atomic E-state index is 11.8. The minimum atomic E-state index is -0.756. The number of rotatable bonds is 2. The monoisotopic (exact) mass is 344 g/mol. The zero-order chi connectivity index (χ0) is 14.0. The molecule has 0 saturated heterocycles. The van der Waals surface area contributed by atoms with Gasteiger partial charge in [-0.1, -0.05) is 11.6 Å². The van der Waals surface area contributed by atoms with Crippen molar-refractivity contribution in [1.82, 2.24) is 15.0 Å².